The minimum atomic E-state index is -0.117. The number of hydrogen-bond acceptors (Lipinski definition) is 4. The normalized spacial score (nSPS) is 26.5. The van der Waals surface area contributed by atoms with Crippen LogP contribution in [0.25, 0.3) is 0 Å². The van der Waals surface area contributed by atoms with Gasteiger partial charge in [0.05, 0.1) is 12.1 Å². The van der Waals surface area contributed by atoms with Crippen molar-refractivity contribution in [2.75, 3.05) is 25.0 Å². The molecule has 2 aliphatic heterocycles. The van der Waals surface area contributed by atoms with Crippen molar-refractivity contribution in [3.63, 3.8) is 0 Å². The van der Waals surface area contributed by atoms with Gasteiger partial charge in [-0.3, -0.25) is 19.2 Å². The van der Waals surface area contributed by atoms with Crippen molar-refractivity contribution in [1.82, 2.24) is 20.0 Å². The number of nitrogens with zero attached hydrogens (tertiary/aromatic N) is 3. The van der Waals surface area contributed by atoms with Gasteiger partial charge in [-0.25, -0.2) is 0 Å². The summed E-state index contributed by atoms with van der Waals surface area (Å²) < 4.78 is 1.90. The molecule has 7 heteroatoms. The van der Waals surface area contributed by atoms with E-state index >= 15 is 0 Å². The van der Waals surface area contributed by atoms with Crippen LogP contribution < -0.4 is 10.6 Å². The first-order chi connectivity index (χ1) is 10.6. The average molecular weight is 305 g/mol. The summed E-state index contributed by atoms with van der Waals surface area (Å²) in [5.41, 5.74) is 0. The van der Waals surface area contributed by atoms with Gasteiger partial charge in [0.15, 0.2) is 5.82 Å². The van der Waals surface area contributed by atoms with Crippen molar-refractivity contribution < 1.29 is 9.59 Å². The highest BCUT2D eigenvalue weighted by atomic mass is 16.2. The van der Waals surface area contributed by atoms with Crippen LogP contribution in [0.5, 0.6) is 0 Å². The maximum Gasteiger partial charge on any atom is 0.237 e. The summed E-state index contributed by atoms with van der Waals surface area (Å²) in [7, 11) is 0. The van der Waals surface area contributed by atoms with Gasteiger partial charge >= 0.3 is 0 Å². The van der Waals surface area contributed by atoms with Gasteiger partial charge in [-0.2, -0.15) is 5.10 Å². The molecule has 0 aromatic carbocycles. The smallest absolute Gasteiger partial charge is 0.237 e. The molecule has 22 heavy (non-hydrogen) atoms. The average Bonchev–Trinajstić information content (AvgIpc) is 3.06. The predicted octanol–water partition coefficient (Wildman–Crippen LogP) is 0.757. The Kier molecular flexibility index (Phi) is 4.42. The van der Waals surface area contributed by atoms with Crippen molar-refractivity contribution in [3.8, 4) is 0 Å². The molecule has 0 aliphatic carbocycles. The molecule has 2 atom stereocenters. The molecule has 0 radical (unpaired) electrons. The zero-order chi connectivity index (χ0) is 15.5. The van der Waals surface area contributed by atoms with E-state index in [1.54, 1.807) is 0 Å². The molecule has 2 fully saturated rings. The molecule has 0 spiro atoms. The van der Waals surface area contributed by atoms with Gasteiger partial charge in [0, 0.05) is 38.8 Å². The largest absolute Gasteiger partial charge is 0.355 e. The Morgan fingerprint density at radius 2 is 2.27 bits per heavy atom. The van der Waals surface area contributed by atoms with E-state index in [1.807, 2.05) is 16.9 Å². The molecule has 7 nitrogen and oxygen atoms in total. The van der Waals surface area contributed by atoms with E-state index in [2.05, 4.69) is 20.6 Å². The first-order valence-corrected chi connectivity index (χ1v) is 7.98. The lowest BCUT2D eigenvalue weighted by Crippen LogP contribution is -2.44. The third-order valence-corrected chi connectivity index (χ3v) is 4.43. The fourth-order valence-electron chi connectivity index (χ4n) is 3.33. The predicted molar refractivity (Wildman–Crippen MR) is 82.4 cm³/mol. The second-order valence-electron chi connectivity index (χ2n) is 6.10. The number of aromatic nitrogens is 2. The molecule has 3 heterocycles. The number of likely N-dealkylation sites (tertiary alicyclic amines) is 1. The molecule has 3 rings (SSSR count). The topological polar surface area (TPSA) is 79.3 Å². The highest BCUT2D eigenvalue weighted by Gasteiger charge is 2.33. The molecule has 2 saturated heterocycles. The Morgan fingerprint density at radius 1 is 1.41 bits per heavy atom. The molecule has 1 aromatic heterocycles. The fourth-order valence-corrected chi connectivity index (χ4v) is 3.33. The van der Waals surface area contributed by atoms with Crippen LogP contribution in [0.2, 0.25) is 0 Å². The van der Waals surface area contributed by atoms with E-state index < -0.39 is 0 Å². The maximum atomic E-state index is 12.1. The van der Waals surface area contributed by atoms with Crippen LogP contribution in [0.1, 0.15) is 38.6 Å². The van der Waals surface area contributed by atoms with Crippen molar-refractivity contribution in [1.29, 1.82) is 0 Å². The van der Waals surface area contributed by atoms with Gasteiger partial charge < -0.3 is 10.6 Å². The minimum absolute atomic E-state index is 0.00197. The third kappa shape index (κ3) is 3.30. The summed E-state index contributed by atoms with van der Waals surface area (Å²) in [5, 5.41) is 10.1. The van der Waals surface area contributed by atoms with Crippen molar-refractivity contribution >= 4 is 17.6 Å². The Bertz CT molecular complexity index is 556. The van der Waals surface area contributed by atoms with Gasteiger partial charge in [-0.15, -0.1) is 0 Å². The molecule has 2 amide bonds. The van der Waals surface area contributed by atoms with Gasteiger partial charge in [-0.05, 0) is 25.7 Å². The van der Waals surface area contributed by atoms with Gasteiger partial charge in [-0.1, -0.05) is 0 Å². The molecule has 0 saturated carbocycles. The second kappa shape index (κ2) is 6.48. The highest BCUT2D eigenvalue weighted by molar-refractivity contribution is 5.87. The maximum absolute atomic E-state index is 12.1. The Morgan fingerprint density at radius 3 is 3.09 bits per heavy atom. The number of nitrogens with one attached hydrogen (secondary N) is 2. The number of carbonyl (C=O) groups is 2. The first-order valence-electron chi connectivity index (χ1n) is 7.98. The van der Waals surface area contributed by atoms with Crippen molar-refractivity contribution in [2.45, 2.75) is 44.7 Å². The summed E-state index contributed by atoms with van der Waals surface area (Å²) in [6.07, 6.45) is 5.98. The molecule has 1 aromatic rings. The summed E-state index contributed by atoms with van der Waals surface area (Å²) in [6.45, 7) is 4.02. The SMILES string of the molecule is CC(=O)Nc1ccn([C@H]2CCN([C@H]3CCCCNC3=O)C2)n1. The molecular weight excluding hydrogens is 282 g/mol. The van der Waals surface area contributed by atoms with E-state index in [0.717, 1.165) is 45.3 Å². The van der Waals surface area contributed by atoms with Crippen LogP contribution >= 0.6 is 0 Å². The lowest BCUT2D eigenvalue weighted by molar-refractivity contribution is -0.125. The van der Waals surface area contributed by atoms with E-state index in [1.165, 1.54) is 6.92 Å². The summed E-state index contributed by atoms with van der Waals surface area (Å²) in [4.78, 5) is 25.5. The fraction of sp³-hybridized carbons (Fsp3) is 0.667. The van der Waals surface area contributed by atoms with E-state index in [9.17, 15) is 9.59 Å². The van der Waals surface area contributed by atoms with Crippen LogP contribution in [0, 0.1) is 0 Å². The molecule has 2 N–H and O–H groups in total. The van der Waals surface area contributed by atoms with E-state index in [4.69, 9.17) is 0 Å². The van der Waals surface area contributed by atoms with Gasteiger partial charge in [0.25, 0.3) is 0 Å². The zero-order valence-electron chi connectivity index (χ0n) is 12.9. The Hall–Kier alpha value is -1.89. The van der Waals surface area contributed by atoms with Crippen LogP contribution in [0.4, 0.5) is 5.82 Å². The zero-order valence-corrected chi connectivity index (χ0v) is 12.9. The molecular formula is C15H23N5O2. The van der Waals surface area contributed by atoms with E-state index in [0.29, 0.717) is 5.82 Å². The second-order valence-corrected chi connectivity index (χ2v) is 6.10. The monoisotopic (exact) mass is 305 g/mol. The van der Waals surface area contributed by atoms with Gasteiger partial charge in [0.2, 0.25) is 11.8 Å². The van der Waals surface area contributed by atoms with Crippen LogP contribution in [-0.2, 0) is 9.59 Å². The Labute approximate surface area is 130 Å². The number of amides is 2. The lowest BCUT2D eigenvalue weighted by atomic mass is 10.1. The minimum Gasteiger partial charge on any atom is -0.355 e. The molecule has 0 unspecified atom stereocenters. The third-order valence-electron chi connectivity index (χ3n) is 4.43. The number of carbonyl (C=O) groups excluding carboxylic acids is 2. The number of hydrogen-bond donors (Lipinski definition) is 2. The van der Waals surface area contributed by atoms with Crippen LogP contribution in [-0.4, -0.2) is 52.2 Å². The number of anilines is 1. The summed E-state index contributed by atoms with van der Waals surface area (Å²) >= 11 is 0. The highest BCUT2D eigenvalue weighted by Crippen LogP contribution is 2.26. The Balaban J connectivity index is 1.62. The van der Waals surface area contributed by atoms with Crippen LogP contribution in [0.3, 0.4) is 0 Å². The van der Waals surface area contributed by atoms with Crippen LogP contribution in [0.15, 0.2) is 12.3 Å². The quantitative estimate of drug-likeness (QED) is 0.864. The first kappa shape index (κ1) is 15.0. The molecule has 120 valence electrons. The van der Waals surface area contributed by atoms with Crippen molar-refractivity contribution in [2.24, 2.45) is 0 Å². The molecule has 0 bridgehead atoms. The van der Waals surface area contributed by atoms with E-state index in [-0.39, 0.29) is 23.9 Å². The molecule has 2 aliphatic rings. The lowest BCUT2D eigenvalue weighted by Gasteiger charge is -2.25. The standard InChI is InChI=1S/C15H23N5O2/c1-11(21)17-14-6-9-20(18-14)12-5-8-19(10-12)13-4-2-3-7-16-15(13)22/h6,9,12-13H,2-5,7-8,10H2,1H3,(H,16,22)(H,17,18,21)/t12-,13-/m0/s1. The van der Waals surface area contributed by atoms with Gasteiger partial charge in [0.1, 0.15) is 0 Å². The summed E-state index contributed by atoms with van der Waals surface area (Å²) in [5.74, 6) is 0.629. The van der Waals surface area contributed by atoms with Crippen molar-refractivity contribution in [3.05, 3.63) is 12.3 Å². The summed E-state index contributed by atoms with van der Waals surface area (Å²) in [6, 6.07) is 2.07. The number of rotatable bonds is 3.